The molecule has 0 aliphatic carbocycles. The Kier molecular flexibility index (Phi) is 9.05. The van der Waals surface area contributed by atoms with Gasteiger partial charge in [0.15, 0.2) is 0 Å². The molecular weight excluding hydrogens is 486 g/mol. The van der Waals surface area contributed by atoms with Gasteiger partial charge in [-0.05, 0) is 0 Å². The summed E-state index contributed by atoms with van der Waals surface area (Å²) in [4.78, 5) is 0. The fourth-order valence-electron chi connectivity index (χ4n) is 3.43. The van der Waals surface area contributed by atoms with Crippen molar-refractivity contribution in [3.63, 3.8) is 0 Å². The average molecular weight is 516 g/mol. The summed E-state index contributed by atoms with van der Waals surface area (Å²) >= 11 is 0.372. The Hall–Kier alpha value is -1.34. The van der Waals surface area contributed by atoms with Crippen LogP contribution < -0.4 is 8.92 Å². The predicted octanol–water partition coefficient (Wildman–Crippen LogP) is 4.87. The van der Waals surface area contributed by atoms with E-state index in [2.05, 4.69) is 79.7 Å². The van der Waals surface area contributed by atoms with Crippen molar-refractivity contribution in [1.29, 1.82) is 0 Å². The molecule has 1 nitrogen and oxygen atoms in total. The van der Waals surface area contributed by atoms with Crippen LogP contribution in [0.25, 0.3) is 0 Å². The maximum absolute atomic E-state index is 11.7. The fraction of sp³-hybridized carbons (Fsp3) is 0.308. The van der Waals surface area contributed by atoms with Crippen LogP contribution in [-0.2, 0) is 0 Å². The van der Waals surface area contributed by atoms with Crippen molar-refractivity contribution in [2.45, 2.75) is 48.3 Å². The van der Waals surface area contributed by atoms with Crippen molar-refractivity contribution in [3.8, 4) is 0 Å². The summed E-state index contributed by atoms with van der Waals surface area (Å²) < 4.78 is 2.66. The third-order valence-corrected chi connectivity index (χ3v) is 12.2. The van der Waals surface area contributed by atoms with Crippen LogP contribution in [0.3, 0.4) is 0 Å². The van der Waals surface area contributed by atoms with E-state index in [0.29, 0.717) is 0 Å². The topological polar surface area (TPSA) is 20.2 Å². The fourth-order valence-corrected chi connectivity index (χ4v) is 11.1. The van der Waals surface area contributed by atoms with Gasteiger partial charge < -0.3 is 0 Å². The third-order valence-electron chi connectivity index (χ3n) is 4.98. The normalized spacial score (nSPS) is 12.6. The van der Waals surface area contributed by atoms with Gasteiger partial charge in [-0.2, -0.15) is 0 Å². The minimum atomic E-state index is -0.439. The van der Waals surface area contributed by atoms with Crippen molar-refractivity contribution >= 4 is 38.8 Å². The van der Waals surface area contributed by atoms with Crippen LogP contribution in [0.1, 0.15) is 50.7 Å². The molecule has 0 spiro atoms. The molecule has 1 unspecified atom stereocenters. The summed E-state index contributed by atoms with van der Waals surface area (Å²) in [7, 11) is 0. The number of hydrogen-bond acceptors (Lipinski definition) is 1. The van der Waals surface area contributed by atoms with Gasteiger partial charge in [0.25, 0.3) is 0 Å². The van der Waals surface area contributed by atoms with Crippen molar-refractivity contribution in [2.24, 2.45) is 0 Å². The SMILES string of the molecule is CCCCCCC([Se]c1ccccc1)([Se]c1ccccc1)C(O)c1ccccc1. The molecule has 0 bridgehead atoms. The molecule has 152 valence electrons. The van der Waals surface area contributed by atoms with Gasteiger partial charge in [-0.25, -0.2) is 0 Å². The van der Waals surface area contributed by atoms with Crippen LogP contribution in [0.4, 0.5) is 0 Å². The molecule has 0 aliphatic heterocycles. The molecule has 0 radical (unpaired) electrons. The number of benzene rings is 3. The Balaban J connectivity index is 1.98. The van der Waals surface area contributed by atoms with Crippen LogP contribution in [0.2, 0.25) is 3.21 Å². The molecule has 3 aromatic carbocycles. The molecular formula is C26H30OSe2. The molecule has 0 saturated carbocycles. The van der Waals surface area contributed by atoms with E-state index in [4.69, 9.17) is 0 Å². The van der Waals surface area contributed by atoms with E-state index >= 15 is 0 Å². The van der Waals surface area contributed by atoms with Gasteiger partial charge in [-0.3, -0.25) is 0 Å². The van der Waals surface area contributed by atoms with Crippen LogP contribution in [0.5, 0.6) is 0 Å². The number of aliphatic hydroxyl groups excluding tert-OH is 1. The first-order valence-electron chi connectivity index (χ1n) is 10.4. The van der Waals surface area contributed by atoms with E-state index in [9.17, 15) is 5.11 Å². The van der Waals surface area contributed by atoms with Gasteiger partial charge in [0.2, 0.25) is 0 Å². The number of hydrogen-bond donors (Lipinski definition) is 1. The van der Waals surface area contributed by atoms with Gasteiger partial charge >= 0.3 is 189 Å². The van der Waals surface area contributed by atoms with E-state index in [1.807, 2.05) is 18.2 Å². The summed E-state index contributed by atoms with van der Waals surface area (Å²) in [5, 5.41) is 11.7. The first-order chi connectivity index (χ1) is 14.2. The molecule has 0 fully saturated rings. The Morgan fingerprint density at radius 1 is 0.690 bits per heavy atom. The van der Waals surface area contributed by atoms with Crippen LogP contribution >= 0.6 is 0 Å². The summed E-state index contributed by atoms with van der Waals surface area (Å²) in [6.45, 7) is 2.26. The number of aliphatic hydroxyl groups is 1. The van der Waals surface area contributed by atoms with Crippen LogP contribution in [-0.4, -0.2) is 35.0 Å². The van der Waals surface area contributed by atoms with E-state index in [-0.39, 0.29) is 33.1 Å². The Morgan fingerprint density at radius 2 is 1.17 bits per heavy atom. The van der Waals surface area contributed by atoms with Crippen molar-refractivity contribution in [3.05, 3.63) is 96.6 Å². The summed E-state index contributed by atoms with van der Waals surface area (Å²) in [5.41, 5.74) is 1.05. The zero-order valence-corrected chi connectivity index (χ0v) is 20.5. The van der Waals surface area contributed by atoms with Gasteiger partial charge in [0.05, 0.1) is 0 Å². The zero-order valence-electron chi connectivity index (χ0n) is 17.0. The Bertz CT molecular complexity index is 780. The van der Waals surface area contributed by atoms with Gasteiger partial charge in [0, 0.05) is 0 Å². The second-order valence-corrected chi connectivity index (χ2v) is 14.5. The first kappa shape index (κ1) is 22.3. The molecule has 3 aromatic rings. The Labute approximate surface area is 188 Å². The van der Waals surface area contributed by atoms with E-state index < -0.39 is 6.10 Å². The average Bonchev–Trinajstić information content (AvgIpc) is 2.78. The van der Waals surface area contributed by atoms with Crippen molar-refractivity contribution < 1.29 is 5.11 Å². The predicted molar refractivity (Wildman–Crippen MR) is 127 cm³/mol. The Morgan fingerprint density at radius 3 is 1.66 bits per heavy atom. The monoisotopic (exact) mass is 518 g/mol. The number of rotatable bonds is 11. The quantitative estimate of drug-likeness (QED) is 0.285. The molecule has 1 atom stereocenters. The van der Waals surface area contributed by atoms with Gasteiger partial charge in [-0.15, -0.1) is 0 Å². The molecule has 0 saturated heterocycles. The van der Waals surface area contributed by atoms with Crippen molar-refractivity contribution in [2.75, 3.05) is 0 Å². The second kappa shape index (κ2) is 11.7. The first-order valence-corrected chi connectivity index (χ1v) is 13.9. The van der Waals surface area contributed by atoms with Crippen LogP contribution in [0, 0.1) is 0 Å². The summed E-state index contributed by atoms with van der Waals surface area (Å²) in [6, 6.07) is 31.9. The van der Waals surface area contributed by atoms with E-state index in [1.54, 1.807) is 0 Å². The van der Waals surface area contributed by atoms with Crippen LogP contribution in [0.15, 0.2) is 91.0 Å². The molecule has 3 rings (SSSR count). The molecule has 29 heavy (non-hydrogen) atoms. The molecule has 3 heteroatoms. The minimum absolute atomic E-state index is 0.0994. The molecule has 1 N–H and O–H groups in total. The second-order valence-electron chi connectivity index (χ2n) is 7.27. The zero-order chi connectivity index (χ0) is 20.4. The molecule has 0 aromatic heterocycles. The van der Waals surface area contributed by atoms with E-state index in [1.165, 1.54) is 34.6 Å². The van der Waals surface area contributed by atoms with E-state index in [0.717, 1.165) is 12.0 Å². The molecule has 0 heterocycles. The van der Waals surface area contributed by atoms with Gasteiger partial charge in [-0.1, -0.05) is 0 Å². The van der Waals surface area contributed by atoms with Gasteiger partial charge in [0.1, 0.15) is 0 Å². The summed E-state index contributed by atoms with van der Waals surface area (Å²) in [6.07, 6.45) is 5.57. The number of unbranched alkanes of at least 4 members (excludes halogenated alkanes) is 3. The molecule has 0 amide bonds. The molecule has 0 aliphatic rings. The van der Waals surface area contributed by atoms with Crippen molar-refractivity contribution in [1.82, 2.24) is 0 Å². The third kappa shape index (κ3) is 6.57. The summed E-state index contributed by atoms with van der Waals surface area (Å²) in [5.74, 6) is 0. The standard InChI is InChI=1S/C26H30OSe2/c1-2-3-4-14-21-26(28-23-17-10-6-11-18-23,29-24-19-12-7-13-20-24)25(27)22-15-8-5-9-16-22/h5-13,15-20,25,27H,2-4,14,21H2,1H3. The maximum atomic E-state index is 11.7.